The number of aliphatic hydroxyl groups excluding tert-OH is 1. The summed E-state index contributed by atoms with van der Waals surface area (Å²) >= 11 is 0. The normalized spacial score (nSPS) is 12.2. The number of aliphatic hydroxyl groups is 1. The van der Waals surface area contributed by atoms with E-state index in [1.165, 1.54) is 13.0 Å². The SMILES string of the molecule is COC(=O)C(C)NS(=O)(=O)c1ccc(C#CCO)c(F)c1. The number of halogens is 1. The molecular weight excluding hydrogens is 301 g/mol. The van der Waals surface area contributed by atoms with Gasteiger partial charge >= 0.3 is 5.97 Å². The molecule has 0 aromatic heterocycles. The van der Waals surface area contributed by atoms with Gasteiger partial charge in [0.15, 0.2) is 0 Å². The zero-order chi connectivity index (χ0) is 16.0. The Balaban J connectivity index is 3.05. The molecule has 0 aliphatic carbocycles. The van der Waals surface area contributed by atoms with Crippen LogP contribution in [-0.2, 0) is 19.6 Å². The Morgan fingerprint density at radius 3 is 2.71 bits per heavy atom. The predicted molar refractivity (Wildman–Crippen MR) is 72.2 cm³/mol. The van der Waals surface area contributed by atoms with Crippen LogP contribution < -0.4 is 4.72 Å². The van der Waals surface area contributed by atoms with Crippen molar-refractivity contribution in [3.8, 4) is 11.8 Å². The van der Waals surface area contributed by atoms with Crippen LogP contribution in [0, 0.1) is 17.7 Å². The van der Waals surface area contributed by atoms with Crippen LogP contribution in [-0.4, -0.2) is 39.3 Å². The van der Waals surface area contributed by atoms with Crippen molar-refractivity contribution in [2.24, 2.45) is 0 Å². The van der Waals surface area contributed by atoms with Gasteiger partial charge in [0.25, 0.3) is 0 Å². The van der Waals surface area contributed by atoms with Crippen LogP contribution in [0.4, 0.5) is 4.39 Å². The average Bonchev–Trinajstić information content (AvgIpc) is 2.44. The van der Waals surface area contributed by atoms with Crippen LogP contribution >= 0.6 is 0 Å². The van der Waals surface area contributed by atoms with Crippen LogP contribution in [0.2, 0.25) is 0 Å². The molecule has 0 saturated carbocycles. The number of rotatable bonds is 4. The van der Waals surface area contributed by atoms with Crippen LogP contribution in [0.3, 0.4) is 0 Å². The van der Waals surface area contributed by atoms with Gasteiger partial charge < -0.3 is 9.84 Å². The molecule has 0 aliphatic rings. The van der Waals surface area contributed by atoms with Gasteiger partial charge in [0.2, 0.25) is 10.0 Å². The first-order chi connectivity index (χ1) is 9.81. The monoisotopic (exact) mass is 315 g/mol. The van der Waals surface area contributed by atoms with Crippen molar-refractivity contribution in [2.45, 2.75) is 17.9 Å². The lowest BCUT2D eigenvalue weighted by Crippen LogP contribution is -2.39. The Labute approximate surface area is 122 Å². The molecule has 0 spiro atoms. The van der Waals surface area contributed by atoms with E-state index in [0.29, 0.717) is 0 Å². The molecule has 0 bridgehead atoms. The maximum atomic E-state index is 13.7. The molecule has 21 heavy (non-hydrogen) atoms. The average molecular weight is 315 g/mol. The highest BCUT2D eigenvalue weighted by molar-refractivity contribution is 7.89. The quantitative estimate of drug-likeness (QED) is 0.603. The fourth-order valence-corrected chi connectivity index (χ4v) is 2.63. The standard InChI is InChI=1S/C13H14FNO5S/c1-9(13(17)20-2)15-21(18,19)11-6-5-10(4-3-7-16)12(14)8-11/h5-6,8-9,15-16H,7H2,1-2H3. The second kappa shape index (κ2) is 7.17. The zero-order valence-corrected chi connectivity index (χ0v) is 12.2. The largest absolute Gasteiger partial charge is 0.468 e. The van der Waals surface area contributed by atoms with Crippen molar-refractivity contribution in [3.63, 3.8) is 0 Å². The summed E-state index contributed by atoms with van der Waals surface area (Å²) < 4.78 is 44.1. The van der Waals surface area contributed by atoms with E-state index in [2.05, 4.69) is 21.3 Å². The molecule has 1 rings (SSSR count). The van der Waals surface area contributed by atoms with Crippen LogP contribution in [0.5, 0.6) is 0 Å². The third-order valence-corrected chi connectivity index (χ3v) is 3.98. The number of ether oxygens (including phenoxy) is 1. The first-order valence-corrected chi connectivity index (χ1v) is 7.29. The maximum absolute atomic E-state index is 13.7. The molecule has 0 saturated heterocycles. The molecule has 1 aromatic carbocycles. The molecule has 0 heterocycles. The Morgan fingerprint density at radius 1 is 1.52 bits per heavy atom. The van der Waals surface area contributed by atoms with E-state index >= 15 is 0 Å². The van der Waals surface area contributed by atoms with E-state index in [4.69, 9.17) is 5.11 Å². The fourth-order valence-electron chi connectivity index (χ4n) is 1.42. The molecule has 1 atom stereocenters. The van der Waals surface area contributed by atoms with Gasteiger partial charge in [-0.05, 0) is 25.1 Å². The van der Waals surface area contributed by atoms with Gasteiger partial charge in [0.05, 0.1) is 17.6 Å². The minimum Gasteiger partial charge on any atom is -0.468 e. The molecule has 0 fully saturated rings. The highest BCUT2D eigenvalue weighted by Gasteiger charge is 2.23. The number of nitrogens with one attached hydrogen (secondary N) is 1. The number of carbonyl (C=O) groups is 1. The van der Waals surface area contributed by atoms with Crippen molar-refractivity contribution in [3.05, 3.63) is 29.6 Å². The molecular formula is C13H14FNO5S. The zero-order valence-electron chi connectivity index (χ0n) is 11.4. The maximum Gasteiger partial charge on any atom is 0.323 e. The highest BCUT2D eigenvalue weighted by atomic mass is 32.2. The lowest BCUT2D eigenvalue weighted by atomic mass is 10.2. The van der Waals surface area contributed by atoms with Gasteiger partial charge in [0.1, 0.15) is 18.5 Å². The number of esters is 1. The topological polar surface area (TPSA) is 92.7 Å². The molecule has 0 radical (unpaired) electrons. The Hall–Kier alpha value is -1.95. The van der Waals surface area contributed by atoms with E-state index in [1.54, 1.807) is 0 Å². The number of benzene rings is 1. The lowest BCUT2D eigenvalue weighted by molar-refractivity contribution is -0.142. The first kappa shape index (κ1) is 17.1. The molecule has 8 heteroatoms. The van der Waals surface area contributed by atoms with Gasteiger partial charge in [-0.3, -0.25) is 4.79 Å². The van der Waals surface area contributed by atoms with Crippen molar-refractivity contribution in [2.75, 3.05) is 13.7 Å². The van der Waals surface area contributed by atoms with E-state index in [9.17, 15) is 17.6 Å². The molecule has 1 aromatic rings. The van der Waals surface area contributed by atoms with E-state index in [0.717, 1.165) is 19.2 Å². The predicted octanol–water partition coefficient (Wildman–Crippen LogP) is 0.00930. The summed E-state index contributed by atoms with van der Waals surface area (Å²) in [6.07, 6.45) is 0. The molecule has 1 unspecified atom stereocenters. The summed E-state index contributed by atoms with van der Waals surface area (Å²) in [6, 6.07) is 2.01. The number of hydrogen-bond donors (Lipinski definition) is 2. The minimum atomic E-state index is -4.06. The smallest absolute Gasteiger partial charge is 0.323 e. The summed E-state index contributed by atoms with van der Waals surface area (Å²) in [4.78, 5) is 10.9. The van der Waals surface area contributed by atoms with Crippen molar-refractivity contribution >= 4 is 16.0 Å². The Bertz CT molecular complexity index is 690. The van der Waals surface area contributed by atoms with Gasteiger partial charge in [0, 0.05) is 0 Å². The highest BCUT2D eigenvalue weighted by Crippen LogP contribution is 2.14. The molecule has 6 nitrogen and oxygen atoms in total. The summed E-state index contributed by atoms with van der Waals surface area (Å²) in [5.74, 6) is 3.00. The molecule has 114 valence electrons. The van der Waals surface area contributed by atoms with E-state index in [-0.39, 0.29) is 10.5 Å². The number of hydrogen-bond acceptors (Lipinski definition) is 5. The molecule has 0 aliphatic heterocycles. The van der Waals surface area contributed by atoms with Crippen LogP contribution in [0.25, 0.3) is 0 Å². The van der Waals surface area contributed by atoms with Gasteiger partial charge in [-0.2, -0.15) is 4.72 Å². The van der Waals surface area contributed by atoms with Gasteiger partial charge in [-0.25, -0.2) is 12.8 Å². The van der Waals surface area contributed by atoms with Gasteiger partial charge in [-0.1, -0.05) is 11.8 Å². The van der Waals surface area contributed by atoms with Crippen molar-refractivity contribution < 1.29 is 27.4 Å². The summed E-state index contributed by atoms with van der Waals surface area (Å²) in [6.45, 7) is 0.874. The number of methoxy groups -OCH3 is 1. The minimum absolute atomic E-state index is 0.0379. The molecule has 0 amide bonds. The van der Waals surface area contributed by atoms with Gasteiger partial charge in [-0.15, -0.1) is 0 Å². The number of sulfonamides is 1. The second-order valence-electron chi connectivity index (χ2n) is 3.97. The Morgan fingerprint density at radius 2 is 2.19 bits per heavy atom. The van der Waals surface area contributed by atoms with Crippen LogP contribution in [0.1, 0.15) is 12.5 Å². The summed E-state index contributed by atoms with van der Waals surface area (Å²) in [7, 11) is -2.94. The Kier molecular flexibility index (Phi) is 5.84. The van der Waals surface area contributed by atoms with E-state index in [1.807, 2.05) is 0 Å². The lowest BCUT2D eigenvalue weighted by Gasteiger charge is -2.12. The third kappa shape index (κ3) is 4.53. The number of carbonyl (C=O) groups excluding carboxylic acids is 1. The summed E-state index contributed by atoms with van der Waals surface area (Å²) in [5, 5.41) is 8.53. The van der Waals surface area contributed by atoms with Crippen LogP contribution in [0.15, 0.2) is 23.1 Å². The first-order valence-electron chi connectivity index (χ1n) is 5.81. The second-order valence-corrected chi connectivity index (χ2v) is 5.68. The third-order valence-electron chi connectivity index (χ3n) is 2.44. The fraction of sp³-hybridized carbons (Fsp3) is 0.308. The van der Waals surface area contributed by atoms with E-state index < -0.39 is 34.5 Å². The van der Waals surface area contributed by atoms with Crippen molar-refractivity contribution in [1.82, 2.24) is 4.72 Å². The van der Waals surface area contributed by atoms with Crippen molar-refractivity contribution in [1.29, 1.82) is 0 Å². The molecule has 2 N–H and O–H groups in total. The summed E-state index contributed by atoms with van der Waals surface area (Å²) in [5.41, 5.74) is -0.0379.